The van der Waals surface area contributed by atoms with Gasteiger partial charge in [-0.3, -0.25) is 19.3 Å². The maximum Gasteiger partial charge on any atom is 0.319 e. The maximum absolute atomic E-state index is 17.4. The molecule has 3 amide bonds. The molecule has 7 aromatic rings. The van der Waals surface area contributed by atoms with Gasteiger partial charge in [-0.25, -0.2) is 9.37 Å². The highest BCUT2D eigenvalue weighted by atomic mass is 35.5. The van der Waals surface area contributed by atoms with Gasteiger partial charge in [0.05, 0.1) is 58.4 Å². The number of carbonyl (C=O) groups excluding carboxylic acids is 3. The number of aryl methyl sites for hydroxylation is 1. The Labute approximate surface area is 484 Å². The van der Waals surface area contributed by atoms with Crippen LogP contribution in [-0.2, 0) is 14.4 Å². The number of nitriles is 1. The van der Waals surface area contributed by atoms with E-state index >= 15 is 4.39 Å². The van der Waals surface area contributed by atoms with Crippen molar-refractivity contribution in [2.75, 3.05) is 57.3 Å². The van der Waals surface area contributed by atoms with Gasteiger partial charge in [-0.05, 0) is 115 Å². The molecule has 3 aliphatic rings. The first-order chi connectivity index (χ1) is 39.5. The Balaban J connectivity index is 0.775. The molecule has 0 saturated carbocycles. The molecule has 6 atom stereocenters. The summed E-state index contributed by atoms with van der Waals surface area (Å²) >= 11 is 8.56. The number of benzene rings is 4. The zero-order valence-corrected chi connectivity index (χ0v) is 48.0. The van der Waals surface area contributed by atoms with Gasteiger partial charge < -0.3 is 44.2 Å². The summed E-state index contributed by atoms with van der Waals surface area (Å²) in [5.41, 5.74) is 5.13. The Hall–Kier alpha value is -7.70. The number of aromatic hydroxyl groups is 1. The number of piperidine rings is 1. The van der Waals surface area contributed by atoms with E-state index in [0.717, 1.165) is 47.6 Å². The molecule has 0 aliphatic carbocycles. The van der Waals surface area contributed by atoms with E-state index in [4.69, 9.17) is 30.6 Å². The minimum Gasteiger partial charge on any atom is -0.508 e. The van der Waals surface area contributed by atoms with Gasteiger partial charge in [-0.1, -0.05) is 80.6 Å². The van der Waals surface area contributed by atoms with E-state index < -0.39 is 36.0 Å². The summed E-state index contributed by atoms with van der Waals surface area (Å²) in [7, 11) is 0. The number of hydrogen-bond donors (Lipinski definition) is 3. The molecule has 3 aromatic heterocycles. The lowest BCUT2D eigenvalue weighted by molar-refractivity contribution is -0.141. The van der Waals surface area contributed by atoms with E-state index in [2.05, 4.69) is 38.0 Å². The molecule has 0 radical (unpaired) electrons. The second kappa shape index (κ2) is 24.8. The number of aliphatic hydroxyl groups is 1. The van der Waals surface area contributed by atoms with Crippen LogP contribution in [0.2, 0.25) is 5.02 Å². The first-order valence-corrected chi connectivity index (χ1v) is 29.0. The summed E-state index contributed by atoms with van der Waals surface area (Å²) in [6.07, 6.45) is 1.70. The third-order valence-corrected chi connectivity index (χ3v) is 17.2. The fourth-order valence-corrected chi connectivity index (χ4v) is 12.8. The molecule has 6 heterocycles. The molecule has 18 nitrogen and oxygen atoms in total. The molecule has 10 rings (SSSR count). The molecule has 3 fully saturated rings. The van der Waals surface area contributed by atoms with Gasteiger partial charge in [0.2, 0.25) is 17.7 Å². The molecule has 0 unspecified atom stereocenters. The molecule has 3 aliphatic heterocycles. The number of hydrogen-bond acceptors (Lipinski definition) is 16. The van der Waals surface area contributed by atoms with Crippen LogP contribution in [0.3, 0.4) is 0 Å². The number of aromatic nitrogens is 4. The van der Waals surface area contributed by atoms with Crippen molar-refractivity contribution in [2.24, 2.45) is 11.8 Å². The van der Waals surface area contributed by atoms with E-state index in [0.29, 0.717) is 53.0 Å². The second-order valence-electron chi connectivity index (χ2n) is 22.0. The SMILES string of the molecule is C=CC(=O)N1CCN(c2nc(O[C@H](C)CN3CCC(COc4cc([C@H](C(=O)N5C[C@H](O)C[C@H]5C(=O)N[C@@H](C)c5ccc(-c6scnc6C)cc5)C(C)C)on4)CC3)nc3c(F)c(-c4cc(O)cc5ccccc45)c(Cl)cc23)C[C@@H]1CC#N. The van der Waals surface area contributed by atoms with Crippen LogP contribution in [-0.4, -0.2) is 139 Å². The van der Waals surface area contributed by atoms with Gasteiger partial charge >= 0.3 is 6.01 Å². The zero-order chi connectivity index (χ0) is 57.9. The summed E-state index contributed by atoms with van der Waals surface area (Å²) in [4.78, 5) is 63.3. The zero-order valence-electron chi connectivity index (χ0n) is 46.4. The number of thiazole rings is 1. The van der Waals surface area contributed by atoms with Crippen molar-refractivity contribution in [3.63, 3.8) is 0 Å². The standard InChI is InChI=1S/C61H66ClFN10O8S/c1-7-52(76)72-23-22-71(30-42(72)16-19-64)58-47-27-48(62)54(46-25-43(74)24-41-10-8-9-11-45(41)46)55(63)56(47)67-61(68-58)80-35(4)29-70-20-17-38(18-21-70)32-79-51-28-50(81-69-51)53(34(2)3)60(78)73-31-44(75)26-49(73)59(77)66-36(5)39-12-14-40(15-13-39)57-37(6)65-33-82-57/h7-15,24-25,27-28,33-36,38,42,44,49,53,74-75H,1,16-18,20-23,26,29-32H2,2-6H3,(H,66,77)/t35-,36+,42+,44-,49+,53-/m1/s1. The Kier molecular flexibility index (Phi) is 17.4. The number of nitrogens with one attached hydrogen (secondary N) is 1. The third kappa shape index (κ3) is 12.2. The van der Waals surface area contributed by atoms with Crippen LogP contribution in [0.15, 0.2) is 95.5 Å². The number of β-amino-alcohol motifs (C(OH)–C–C–N with tert-alkyl or cyclic N) is 1. The maximum atomic E-state index is 17.4. The lowest BCUT2D eigenvalue weighted by Gasteiger charge is -2.41. The summed E-state index contributed by atoms with van der Waals surface area (Å²) in [5, 5.41) is 40.3. The minimum absolute atomic E-state index is 0.0124. The molecule has 82 heavy (non-hydrogen) atoms. The van der Waals surface area contributed by atoms with Crippen LogP contribution in [0.25, 0.3) is 43.2 Å². The molecule has 3 saturated heterocycles. The molecule has 4 aromatic carbocycles. The van der Waals surface area contributed by atoms with Crippen LogP contribution in [0.5, 0.6) is 17.6 Å². The number of aliphatic hydroxyl groups excluding tert-OH is 1. The fraction of sp³-hybridized carbons (Fsp3) is 0.410. The van der Waals surface area contributed by atoms with E-state index in [9.17, 15) is 29.9 Å². The number of phenolic OH excluding ortho intramolecular Hbond substituents is 1. The van der Waals surface area contributed by atoms with Crippen LogP contribution >= 0.6 is 22.9 Å². The highest BCUT2D eigenvalue weighted by molar-refractivity contribution is 7.13. The third-order valence-electron chi connectivity index (χ3n) is 15.9. The highest BCUT2D eigenvalue weighted by Crippen LogP contribution is 2.43. The molecule has 428 valence electrons. The lowest BCUT2D eigenvalue weighted by Crippen LogP contribution is -2.55. The normalized spacial score (nSPS) is 19.1. The monoisotopic (exact) mass is 1150 g/mol. The van der Waals surface area contributed by atoms with Gasteiger partial charge in [-0.15, -0.1) is 11.3 Å². The van der Waals surface area contributed by atoms with Crippen molar-refractivity contribution < 1.29 is 43.0 Å². The number of anilines is 1. The Morgan fingerprint density at radius 1 is 1.00 bits per heavy atom. The van der Waals surface area contributed by atoms with Crippen LogP contribution in [0.4, 0.5) is 10.2 Å². The van der Waals surface area contributed by atoms with Gasteiger partial charge in [0.25, 0.3) is 5.88 Å². The van der Waals surface area contributed by atoms with Crippen molar-refractivity contribution in [3.05, 3.63) is 119 Å². The number of piperazine rings is 1. The van der Waals surface area contributed by atoms with Crippen molar-refractivity contribution >= 4 is 68.2 Å². The van der Waals surface area contributed by atoms with E-state index in [1.165, 1.54) is 17.0 Å². The fourth-order valence-electron chi connectivity index (χ4n) is 11.7. The van der Waals surface area contributed by atoms with Gasteiger partial charge in [0.1, 0.15) is 35.1 Å². The number of amides is 3. The number of phenols is 1. The van der Waals surface area contributed by atoms with E-state index in [1.807, 2.05) is 93.6 Å². The van der Waals surface area contributed by atoms with E-state index in [1.54, 1.807) is 34.4 Å². The number of carbonyl (C=O) groups is 3. The van der Waals surface area contributed by atoms with Crippen molar-refractivity contribution in [3.8, 4) is 45.3 Å². The number of fused-ring (bicyclic) bond motifs is 2. The molecule has 21 heteroatoms. The predicted octanol–water partition coefficient (Wildman–Crippen LogP) is 9.62. The van der Waals surface area contributed by atoms with Crippen LogP contribution in [0, 0.1) is 35.9 Å². The van der Waals surface area contributed by atoms with Crippen molar-refractivity contribution in [1.82, 2.24) is 40.1 Å². The Morgan fingerprint density at radius 3 is 2.49 bits per heavy atom. The predicted molar refractivity (Wildman–Crippen MR) is 311 cm³/mol. The quantitative estimate of drug-likeness (QED) is 0.0681. The highest BCUT2D eigenvalue weighted by Gasteiger charge is 2.44. The summed E-state index contributed by atoms with van der Waals surface area (Å²) in [6.45, 7) is 16.4. The number of ether oxygens (including phenoxy) is 2. The smallest absolute Gasteiger partial charge is 0.319 e. The molecular weight excluding hydrogens is 1090 g/mol. The molecule has 3 N–H and O–H groups in total. The first-order valence-electron chi connectivity index (χ1n) is 27.7. The van der Waals surface area contributed by atoms with Crippen LogP contribution < -0.4 is 19.7 Å². The average Bonchev–Trinajstić information content (AvgIpc) is 4.14. The minimum atomic E-state index is -0.874. The Morgan fingerprint density at radius 2 is 1.77 bits per heavy atom. The van der Waals surface area contributed by atoms with Crippen molar-refractivity contribution in [1.29, 1.82) is 5.26 Å². The van der Waals surface area contributed by atoms with Gasteiger partial charge in [0.15, 0.2) is 11.6 Å². The number of rotatable bonds is 18. The summed E-state index contributed by atoms with van der Waals surface area (Å²) in [6, 6.07) is 22.0. The largest absolute Gasteiger partial charge is 0.508 e. The molecule has 0 bridgehead atoms. The molecule has 0 spiro atoms. The van der Waals surface area contributed by atoms with Gasteiger partial charge in [-0.2, -0.15) is 15.2 Å². The number of halogens is 2. The Bertz CT molecular complexity index is 3550. The summed E-state index contributed by atoms with van der Waals surface area (Å²) < 4.78 is 35.8. The average molecular weight is 1150 g/mol. The van der Waals surface area contributed by atoms with Crippen LogP contribution in [0.1, 0.15) is 82.4 Å². The summed E-state index contributed by atoms with van der Waals surface area (Å²) in [5.74, 6) is -1.67. The lowest BCUT2D eigenvalue weighted by atomic mass is 9.91. The topological polar surface area (TPSA) is 224 Å². The number of nitrogens with zero attached hydrogens (tertiary/aromatic N) is 9. The van der Waals surface area contributed by atoms with E-state index in [-0.39, 0.29) is 102 Å². The van der Waals surface area contributed by atoms with Gasteiger partial charge in [0, 0.05) is 56.2 Å². The molecular formula is C61H66ClFN10O8S. The number of likely N-dealkylation sites (tertiary alicyclic amines) is 2. The second-order valence-corrected chi connectivity index (χ2v) is 23.2. The first kappa shape index (κ1) is 57.5. The van der Waals surface area contributed by atoms with Crippen molar-refractivity contribution in [2.45, 2.75) is 96.6 Å².